The maximum absolute atomic E-state index is 13.2. The highest BCUT2D eigenvalue weighted by atomic mass is 79.9. The Morgan fingerprint density at radius 1 is 1.19 bits per heavy atom. The third kappa shape index (κ3) is 4.43. The lowest BCUT2D eigenvalue weighted by molar-refractivity contribution is 0.548. The first-order valence-electron chi connectivity index (χ1n) is 6.63. The largest absolute Gasteiger partial charge is 0.310 e. The summed E-state index contributed by atoms with van der Waals surface area (Å²) >= 11 is 15.7. The second kappa shape index (κ2) is 7.59. The highest BCUT2D eigenvalue weighted by molar-refractivity contribution is 9.10. The predicted octanol–water partition coefficient (Wildman–Crippen LogP) is 5.79. The van der Waals surface area contributed by atoms with E-state index in [2.05, 4.69) is 21.2 Å². The Morgan fingerprint density at radius 2 is 1.95 bits per heavy atom. The van der Waals surface area contributed by atoms with Gasteiger partial charge in [-0.05, 0) is 48.4 Å². The van der Waals surface area contributed by atoms with Crippen molar-refractivity contribution < 1.29 is 4.39 Å². The number of hydrogen-bond acceptors (Lipinski definition) is 1. The molecule has 2 aromatic rings. The third-order valence-electron chi connectivity index (χ3n) is 3.23. The molecule has 0 aliphatic heterocycles. The summed E-state index contributed by atoms with van der Waals surface area (Å²) < 4.78 is 13.9. The zero-order valence-electron chi connectivity index (χ0n) is 11.5. The Balaban J connectivity index is 2.30. The van der Waals surface area contributed by atoms with Crippen LogP contribution in [0.4, 0.5) is 4.39 Å². The van der Waals surface area contributed by atoms with Crippen molar-refractivity contribution in [3.05, 3.63) is 67.9 Å². The summed E-state index contributed by atoms with van der Waals surface area (Å²) in [4.78, 5) is 0. The molecular formula is C16H15BrCl2FN. The van der Waals surface area contributed by atoms with Crippen molar-refractivity contribution in [2.45, 2.75) is 19.4 Å². The summed E-state index contributed by atoms with van der Waals surface area (Å²) in [7, 11) is 0. The van der Waals surface area contributed by atoms with Gasteiger partial charge < -0.3 is 5.32 Å². The molecule has 2 rings (SSSR count). The molecule has 0 bridgehead atoms. The molecule has 1 unspecified atom stereocenters. The van der Waals surface area contributed by atoms with Gasteiger partial charge in [0.05, 0.1) is 0 Å². The van der Waals surface area contributed by atoms with Crippen molar-refractivity contribution in [1.82, 2.24) is 5.32 Å². The molecule has 0 aromatic heterocycles. The fourth-order valence-electron chi connectivity index (χ4n) is 2.23. The SMILES string of the molecule is CCNC(Cc1ccc(F)cc1Br)c1ccc(Cl)cc1Cl. The van der Waals surface area contributed by atoms with Crippen molar-refractivity contribution in [1.29, 1.82) is 0 Å². The summed E-state index contributed by atoms with van der Waals surface area (Å²) in [6, 6.07) is 10.3. The van der Waals surface area contributed by atoms with E-state index in [1.165, 1.54) is 12.1 Å². The van der Waals surface area contributed by atoms with E-state index in [4.69, 9.17) is 23.2 Å². The minimum atomic E-state index is -0.254. The van der Waals surface area contributed by atoms with Crippen LogP contribution >= 0.6 is 39.1 Å². The van der Waals surface area contributed by atoms with E-state index in [9.17, 15) is 4.39 Å². The smallest absolute Gasteiger partial charge is 0.124 e. The minimum Gasteiger partial charge on any atom is -0.310 e. The van der Waals surface area contributed by atoms with Crippen LogP contribution in [0.2, 0.25) is 10.0 Å². The number of halogens is 4. The van der Waals surface area contributed by atoms with Crippen LogP contribution in [-0.2, 0) is 6.42 Å². The topological polar surface area (TPSA) is 12.0 Å². The molecule has 1 N–H and O–H groups in total. The van der Waals surface area contributed by atoms with Gasteiger partial charge in [-0.15, -0.1) is 0 Å². The molecule has 5 heteroatoms. The molecule has 1 atom stereocenters. The highest BCUT2D eigenvalue weighted by Gasteiger charge is 2.16. The second-order valence-corrected chi connectivity index (χ2v) is 6.41. The van der Waals surface area contributed by atoms with E-state index in [1.54, 1.807) is 12.1 Å². The molecule has 21 heavy (non-hydrogen) atoms. The van der Waals surface area contributed by atoms with Gasteiger partial charge in [0, 0.05) is 20.6 Å². The maximum atomic E-state index is 13.2. The van der Waals surface area contributed by atoms with Crippen molar-refractivity contribution in [2.24, 2.45) is 0 Å². The van der Waals surface area contributed by atoms with Gasteiger partial charge in [-0.25, -0.2) is 4.39 Å². The number of rotatable bonds is 5. The summed E-state index contributed by atoms with van der Waals surface area (Å²) in [5.41, 5.74) is 2.01. The van der Waals surface area contributed by atoms with Crippen LogP contribution in [0.15, 0.2) is 40.9 Å². The van der Waals surface area contributed by atoms with Crippen LogP contribution in [0, 0.1) is 5.82 Å². The summed E-state index contributed by atoms with van der Waals surface area (Å²) in [5.74, 6) is -0.254. The second-order valence-electron chi connectivity index (χ2n) is 4.72. The molecule has 1 nitrogen and oxygen atoms in total. The predicted molar refractivity (Wildman–Crippen MR) is 90.7 cm³/mol. The van der Waals surface area contributed by atoms with E-state index in [0.717, 1.165) is 22.1 Å². The standard InChI is InChI=1S/C16H15BrCl2FN/c1-2-21-16(13-6-4-11(18)8-15(13)19)7-10-3-5-12(20)9-14(10)17/h3-6,8-9,16,21H,2,7H2,1H3. The molecule has 0 aliphatic carbocycles. The van der Waals surface area contributed by atoms with Crippen LogP contribution in [0.1, 0.15) is 24.1 Å². The summed E-state index contributed by atoms with van der Waals surface area (Å²) in [5, 5.41) is 4.65. The van der Waals surface area contributed by atoms with E-state index in [-0.39, 0.29) is 11.9 Å². The molecule has 2 aromatic carbocycles. The lowest BCUT2D eigenvalue weighted by Crippen LogP contribution is -2.23. The van der Waals surface area contributed by atoms with Crippen LogP contribution in [0.3, 0.4) is 0 Å². The zero-order valence-corrected chi connectivity index (χ0v) is 14.6. The van der Waals surface area contributed by atoms with E-state index < -0.39 is 0 Å². The van der Waals surface area contributed by atoms with Gasteiger partial charge in [-0.2, -0.15) is 0 Å². The number of nitrogens with one attached hydrogen (secondary N) is 1. The molecule has 112 valence electrons. The summed E-state index contributed by atoms with van der Waals surface area (Å²) in [6.07, 6.45) is 0.704. The number of hydrogen-bond donors (Lipinski definition) is 1. The molecular weight excluding hydrogens is 376 g/mol. The third-order valence-corrected chi connectivity index (χ3v) is 4.53. The van der Waals surface area contributed by atoms with Gasteiger partial charge in [-0.3, -0.25) is 0 Å². The van der Waals surface area contributed by atoms with Gasteiger partial charge in [0.1, 0.15) is 5.82 Å². The molecule has 0 aliphatic rings. The monoisotopic (exact) mass is 389 g/mol. The van der Waals surface area contributed by atoms with Gasteiger partial charge in [0.25, 0.3) is 0 Å². The van der Waals surface area contributed by atoms with Crippen molar-refractivity contribution in [3.63, 3.8) is 0 Å². The average molecular weight is 391 g/mol. The highest BCUT2D eigenvalue weighted by Crippen LogP contribution is 2.30. The van der Waals surface area contributed by atoms with Gasteiger partial charge in [0.15, 0.2) is 0 Å². The Kier molecular flexibility index (Phi) is 6.06. The fourth-order valence-corrected chi connectivity index (χ4v) is 3.28. The Hall–Kier alpha value is -0.610. The van der Waals surface area contributed by atoms with E-state index >= 15 is 0 Å². The Labute approximate surface area is 142 Å². The number of benzene rings is 2. The molecule has 0 amide bonds. The molecule has 0 spiro atoms. The first-order chi connectivity index (χ1) is 10.0. The van der Waals surface area contributed by atoms with Crippen LogP contribution in [0.25, 0.3) is 0 Å². The van der Waals surface area contributed by atoms with Crippen molar-refractivity contribution in [3.8, 4) is 0 Å². The van der Waals surface area contributed by atoms with Crippen LogP contribution in [-0.4, -0.2) is 6.54 Å². The normalized spacial score (nSPS) is 12.4. The first-order valence-corrected chi connectivity index (χ1v) is 8.18. The minimum absolute atomic E-state index is 0.0431. The molecule has 0 radical (unpaired) electrons. The van der Waals surface area contributed by atoms with Crippen molar-refractivity contribution in [2.75, 3.05) is 6.54 Å². The molecule has 0 heterocycles. The fraction of sp³-hybridized carbons (Fsp3) is 0.250. The van der Waals surface area contributed by atoms with E-state index in [1.807, 2.05) is 19.1 Å². The van der Waals surface area contributed by atoms with Gasteiger partial charge >= 0.3 is 0 Å². The lowest BCUT2D eigenvalue weighted by atomic mass is 9.98. The molecule has 0 saturated carbocycles. The van der Waals surface area contributed by atoms with E-state index in [0.29, 0.717) is 16.5 Å². The molecule has 0 saturated heterocycles. The van der Waals surface area contributed by atoms with Gasteiger partial charge in [-0.1, -0.05) is 58.2 Å². The number of likely N-dealkylation sites (N-methyl/N-ethyl adjacent to an activating group) is 1. The zero-order chi connectivity index (χ0) is 15.4. The summed E-state index contributed by atoms with van der Waals surface area (Å²) in [6.45, 7) is 2.85. The quantitative estimate of drug-likeness (QED) is 0.681. The van der Waals surface area contributed by atoms with Crippen molar-refractivity contribution >= 4 is 39.1 Å². The average Bonchev–Trinajstić information content (AvgIpc) is 2.41. The lowest BCUT2D eigenvalue weighted by Gasteiger charge is -2.20. The van der Waals surface area contributed by atoms with Crippen LogP contribution < -0.4 is 5.32 Å². The first kappa shape index (κ1) is 16.8. The Morgan fingerprint density at radius 3 is 2.57 bits per heavy atom. The molecule has 0 fully saturated rings. The van der Waals surface area contributed by atoms with Gasteiger partial charge in [0.2, 0.25) is 0 Å². The van der Waals surface area contributed by atoms with Crippen LogP contribution in [0.5, 0.6) is 0 Å². The maximum Gasteiger partial charge on any atom is 0.124 e. The Bertz CT molecular complexity index is 634.